The van der Waals surface area contributed by atoms with Crippen LogP contribution in [0.25, 0.3) is 0 Å². The molecule has 1 aromatic heterocycles. The lowest BCUT2D eigenvalue weighted by Gasteiger charge is -2.14. The molecule has 0 aliphatic heterocycles. The maximum absolute atomic E-state index is 10.8. The van der Waals surface area contributed by atoms with Crippen molar-refractivity contribution < 1.29 is 4.92 Å². The first kappa shape index (κ1) is 11.1. The Morgan fingerprint density at radius 2 is 2.44 bits per heavy atom. The van der Waals surface area contributed by atoms with Crippen LogP contribution in [-0.2, 0) is 13.5 Å². The van der Waals surface area contributed by atoms with Gasteiger partial charge >= 0.3 is 5.82 Å². The molecule has 88 valence electrons. The van der Waals surface area contributed by atoms with Gasteiger partial charge < -0.3 is 20.0 Å². The van der Waals surface area contributed by atoms with Crippen molar-refractivity contribution in [2.24, 2.45) is 13.0 Å². The van der Waals surface area contributed by atoms with Gasteiger partial charge in [0.1, 0.15) is 5.69 Å². The number of nitrogens with zero attached hydrogens (tertiary/aromatic N) is 3. The van der Waals surface area contributed by atoms with Crippen molar-refractivity contribution in [3.05, 3.63) is 22.1 Å². The molecule has 2 rings (SSSR count). The zero-order valence-electron chi connectivity index (χ0n) is 9.51. The minimum atomic E-state index is -0.408. The van der Waals surface area contributed by atoms with Crippen molar-refractivity contribution in [2.45, 2.75) is 25.3 Å². The number of aryl methyl sites for hydroxylation is 1. The molecule has 1 fully saturated rings. The van der Waals surface area contributed by atoms with E-state index in [0.29, 0.717) is 24.1 Å². The zero-order chi connectivity index (χ0) is 11.7. The standard InChI is InChI=1S/C10H16N4O2/c1-11-8(7-3-4-7)5-9-10(14(15)16)12-6-13(9)2/h6-8,11H,3-5H2,1-2H3. The highest BCUT2D eigenvalue weighted by Gasteiger charge is 2.33. The van der Waals surface area contributed by atoms with Gasteiger partial charge in [-0.3, -0.25) is 0 Å². The SMILES string of the molecule is CNC(Cc1c([N+](=O)[O-])ncn1C)C1CC1. The third kappa shape index (κ3) is 2.06. The Kier molecular flexibility index (Phi) is 2.91. The lowest BCUT2D eigenvalue weighted by molar-refractivity contribution is -0.390. The second-order valence-electron chi connectivity index (χ2n) is 4.32. The molecule has 0 radical (unpaired) electrons. The van der Waals surface area contributed by atoms with E-state index >= 15 is 0 Å². The third-order valence-electron chi connectivity index (χ3n) is 3.19. The Morgan fingerprint density at radius 1 is 1.75 bits per heavy atom. The summed E-state index contributed by atoms with van der Waals surface area (Å²) < 4.78 is 1.74. The van der Waals surface area contributed by atoms with Gasteiger partial charge in [-0.05, 0) is 35.7 Å². The van der Waals surface area contributed by atoms with Crippen LogP contribution in [0.1, 0.15) is 18.5 Å². The molecule has 0 bridgehead atoms. The first-order valence-electron chi connectivity index (χ1n) is 5.45. The second-order valence-corrected chi connectivity index (χ2v) is 4.32. The molecule has 1 unspecified atom stereocenters. The Labute approximate surface area is 93.8 Å². The first-order valence-corrected chi connectivity index (χ1v) is 5.45. The topological polar surface area (TPSA) is 73.0 Å². The highest BCUT2D eigenvalue weighted by molar-refractivity contribution is 5.28. The predicted molar refractivity (Wildman–Crippen MR) is 59.1 cm³/mol. The maximum atomic E-state index is 10.8. The first-order chi connectivity index (χ1) is 7.63. The predicted octanol–water partition coefficient (Wildman–Crippen LogP) is 0.869. The summed E-state index contributed by atoms with van der Waals surface area (Å²) in [6.07, 6.45) is 4.62. The molecular weight excluding hydrogens is 208 g/mol. The largest absolute Gasteiger partial charge is 0.384 e. The van der Waals surface area contributed by atoms with E-state index in [1.807, 2.05) is 7.05 Å². The fourth-order valence-corrected chi connectivity index (χ4v) is 2.04. The number of aromatic nitrogens is 2. The van der Waals surface area contributed by atoms with Gasteiger partial charge in [-0.15, -0.1) is 0 Å². The Hall–Kier alpha value is -1.43. The van der Waals surface area contributed by atoms with E-state index in [2.05, 4.69) is 10.3 Å². The normalized spacial score (nSPS) is 17.4. The molecule has 6 heteroatoms. The molecule has 1 saturated carbocycles. The quantitative estimate of drug-likeness (QED) is 0.595. The summed E-state index contributed by atoms with van der Waals surface area (Å²) in [5, 5.41) is 14.0. The monoisotopic (exact) mass is 224 g/mol. The van der Waals surface area contributed by atoms with E-state index in [9.17, 15) is 10.1 Å². The smallest absolute Gasteiger partial charge is 0.358 e. The zero-order valence-corrected chi connectivity index (χ0v) is 9.51. The van der Waals surface area contributed by atoms with Crippen molar-refractivity contribution in [1.82, 2.24) is 14.9 Å². The summed E-state index contributed by atoms with van der Waals surface area (Å²) in [5.74, 6) is 0.655. The molecule has 1 heterocycles. The van der Waals surface area contributed by atoms with Gasteiger partial charge in [0.05, 0.1) is 0 Å². The van der Waals surface area contributed by atoms with Crippen LogP contribution < -0.4 is 5.32 Å². The molecule has 0 aromatic carbocycles. The Bertz CT molecular complexity index is 398. The molecule has 1 atom stereocenters. The average molecular weight is 224 g/mol. The molecule has 1 aromatic rings. The summed E-state index contributed by atoms with van der Waals surface area (Å²) in [6.45, 7) is 0. The van der Waals surface area contributed by atoms with E-state index in [4.69, 9.17) is 0 Å². The number of nitro groups is 1. The number of hydrogen-bond acceptors (Lipinski definition) is 4. The summed E-state index contributed by atoms with van der Waals surface area (Å²) in [4.78, 5) is 14.2. The number of imidazole rings is 1. The minimum Gasteiger partial charge on any atom is -0.358 e. The Balaban J connectivity index is 2.18. The molecule has 1 aliphatic carbocycles. The van der Waals surface area contributed by atoms with E-state index in [1.54, 1.807) is 11.6 Å². The molecule has 0 spiro atoms. The van der Waals surface area contributed by atoms with Crippen LogP contribution in [0.3, 0.4) is 0 Å². The summed E-state index contributed by atoms with van der Waals surface area (Å²) in [5.41, 5.74) is 0.705. The van der Waals surface area contributed by atoms with Gasteiger partial charge in [0, 0.05) is 19.5 Å². The fourth-order valence-electron chi connectivity index (χ4n) is 2.04. The van der Waals surface area contributed by atoms with Gasteiger partial charge in [-0.25, -0.2) is 0 Å². The highest BCUT2D eigenvalue weighted by Crippen LogP contribution is 2.34. The van der Waals surface area contributed by atoms with Crippen molar-refractivity contribution in [2.75, 3.05) is 7.05 Å². The lowest BCUT2D eigenvalue weighted by atomic mass is 10.1. The molecular formula is C10H16N4O2. The number of likely N-dealkylation sites (N-methyl/N-ethyl adjacent to an activating group) is 1. The van der Waals surface area contributed by atoms with Gasteiger partial charge in [0.2, 0.25) is 6.33 Å². The molecule has 0 amide bonds. The van der Waals surface area contributed by atoms with Crippen LogP contribution in [0.15, 0.2) is 6.33 Å². The summed E-state index contributed by atoms with van der Waals surface area (Å²) in [6, 6.07) is 0.328. The summed E-state index contributed by atoms with van der Waals surface area (Å²) in [7, 11) is 3.71. The van der Waals surface area contributed by atoms with Gasteiger partial charge in [-0.2, -0.15) is 0 Å². The van der Waals surface area contributed by atoms with Crippen LogP contribution in [0.4, 0.5) is 5.82 Å². The number of rotatable bonds is 5. The van der Waals surface area contributed by atoms with Crippen LogP contribution >= 0.6 is 0 Å². The fraction of sp³-hybridized carbons (Fsp3) is 0.700. The maximum Gasteiger partial charge on any atom is 0.384 e. The van der Waals surface area contributed by atoms with E-state index < -0.39 is 4.92 Å². The average Bonchev–Trinajstić information content (AvgIpc) is 3.01. The van der Waals surface area contributed by atoms with Crippen LogP contribution in [-0.4, -0.2) is 27.6 Å². The van der Waals surface area contributed by atoms with Crippen molar-refractivity contribution in [3.8, 4) is 0 Å². The summed E-state index contributed by atoms with van der Waals surface area (Å²) >= 11 is 0. The number of nitrogens with one attached hydrogen (secondary N) is 1. The van der Waals surface area contributed by atoms with Crippen LogP contribution in [0.2, 0.25) is 0 Å². The van der Waals surface area contributed by atoms with Gasteiger partial charge in [-0.1, -0.05) is 0 Å². The van der Waals surface area contributed by atoms with Crippen molar-refractivity contribution in [3.63, 3.8) is 0 Å². The van der Waals surface area contributed by atoms with E-state index in [-0.39, 0.29) is 5.82 Å². The Morgan fingerprint density at radius 3 is 2.94 bits per heavy atom. The van der Waals surface area contributed by atoms with Crippen LogP contribution in [0.5, 0.6) is 0 Å². The van der Waals surface area contributed by atoms with E-state index in [0.717, 1.165) is 0 Å². The van der Waals surface area contributed by atoms with Gasteiger partial charge in [0.25, 0.3) is 0 Å². The van der Waals surface area contributed by atoms with Crippen LogP contribution in [0, 0.1) is 16.0 Å². The highest BCUT2D eigenvalue weighted by atomic mass is 16.6. The second kappa shape index (κ2) is 4.21. The third-order valence-corrected chi connectivity index (χ3v) is 3.19. The molecule has 1 N–H and O–H groups in total. The molecule has 1 aliphatic rings. The molecule has 0 saturated heterocycles. The van der Waals surface area contributed by atoms with Gasteiger partial charge in [0.15, 0.2) is 0 Å². The minimum absolute atomic E-state index is 0.0107. The molecule has 16 heavy (non-hydrogen) atoms. The number of hydrogen-bond donors (Lipinski definition) is 1. The van der Waals surface area contributed by atoms with Crippen molar-refractivity contribution >= 4 is 5.82 Å². The molecule has 6 nitrogen and oxygen atoms in total. The van der Waals surface area contributed by atoms with E-state index in [1.165, 1.54) is 19.2 Å². The van der Waals surface area contributed by atoms with Crippen molar-refractivity contribution in [1.29, 1.82) is 0 Å². The lowest BCUT2D eigenvalue weighted by Crippen LogP contribution is -2.30.